The van der Waals surface area contributed by atoms with E-state index in [1.165, 1.54) is 5.56 Å². The fraction of sp³-hybridized carbons (Fsp3) is 0.650. The smallest absolute Gasteiger partial charge is 0.225 e. The topological polar surface area (TPSA) is 41.6 Å². The Morgan fingerprint density at radius 1 is 1.33 bits per heavy atom. The fourth-order valence-electron chi connectivity index (χ4n) is 3.45. The lowest BCUT2D eigenvalue weighted by Crippen LogP contribution is -2.50. The molecule has 1 saturated carbocycles. The summed E-state index contributed by atoms with van der Waals surface area (Å²) in [6.45, 7) is 7.79. The van der Waals surface area contributed by atoms with Crippen LogP contribution in [0.2, 0.25) is 0 Å². The Labute approximate surface area is 145 Å². The van der Waals surface area contributed by atoms with Crippen LogP contribution in [0, 0.1) is 11.8 Å². The van der Waals surface area contributed by atoms with Gasteiger partial charge in [0.15, 0.2) is 0 Å². The van der Waals surface area contributed by atoms with E-state index < -0.39 is 0 Å². The highest BCUT2D eigenvalue weighted by Gasteiger charge is 2.36. The van der Waals surface area contributed by atoms with E-state index in [0.29, 0.717) is 23.8 Å². The monoisotopic (exact) mass is 330 g/mol. The van der Waals surface area contributed by atoms with Crippen LogP contribution < -0.4 is 10.1 Å². The lowest BCUT2D eigenvalue weighted by atomic mass is 9.93. The van der Waals surface area contributed by atoms with E-state index in [1.54, 1.807) is 0 Å². The van der Waals surface area contributed by atoms with Crippen LogP contribution in [-0.4, -0.2) is 36.5 Å². The van der Waals surface area contributed by atoms with Gasteiger partial charge in [-0.05, 0) is 49.3 Å². The SMILES string of the molecule is CCCOc1cccc(CN[C@H]2CCN(C(=O)C3CC3)C[C@H]2C)c1. The minimum absolute atomic E-state index is 0.340. The van der Waals surface area contributed by atoms with Gasteiger partial charge in [-0.25, -0.2) is 0 Å². The Bertz CT molecular complexity index is 556. The molecule has 1 heterocycles. The molecule has 4 heteroatoms. The predicted octanol–water partition coefficient (Wildman–Crippen LogP) is 3.21. The molecule has 24 heavy (non-hydrogen) atoms. The van der Waals surface area contributed by atoms with Gasteiger partial charge in [-0.3, -0.25) is 4.79 Å². The van der Waals surface area contributed by atoms with Crippen LogP contribution in [0.4, 0.5) is 0 Å². The molecule has 3 rings (SSSR count). The average Bonchev–Trinajstić information content (AvgIpc) is 3.43. The summed E-state index contributed by atoms with van der Waals surface area (Å²) in [5.74, 6) is 2.18. The third kappa shape index (κ3) is 4.50. The number of carbonyl (C=O) groups is 1. The zero-order chi connectivity index (χ0) is 16.9. The molecule has 1 amide bonds. The van der Waals surface area contributed by atoms with Crippen molar-refractivity contribution in [1.82, 2.24) is 10.2 Å². The summed E-state index contributed by atoms with van der Waals surface area (Å²) in [5.41, 5.74) is 1.26. The number of carbonyl (C=O) groups excluding carboxylic acids is 1. The number of piperidine rings is 1. The first-order valence-electron chi connectivity index (χ1n) is 9.41. The molecule has 2 atom stereocenters. The molecule has 1 N–H and O–H groups in total. The molecule has 2 aliphatic rings. The molecule has 2 fully saturated rings. The molecular weight excluding hydrogens is 300 g/mol. The summed E-state index contributed by atoms with van der Waals surface area (Å²) in [6.07, 6.45) is 4.27. The Morgan fingerprint density at radius 2 is 2.17 bits per heavy atom. The van der Waals surface area contributed by atoms with E-state index in [9.17, 15) is 4.79 Å². The quantitative estimate of drug-likeness (QED) is 0.835. The summed E-state index contributed by atoms with van der Waals surface area (Å²) >= 11 is 0. The Morgan fingerprint density at radius 3 is 2.88 bits per heavy atom. The second kappa shape index (κ2) is 8.02. The van der Waals surface area contributed by atoms with Gasteiger partial charge in [-0.15, -0.1) is 0 Å². The second-order valence-electron chi connectivity index (χ2n) is 7.31. The van der Waals surface area contributed by atoms with Gasteiger partial charge in [0, 0.05) is 31.6 Å². The van der Waals surface area contributed by atoms with Crippen molar-refractivity contribution in [3.63, 3.8) is 0 Å². The standard InChI is InChI=1S/C20H30N2O2/c1-3-11-24-18-6-4-5-16(12-18)13-21-19-9-10-22(14-15(19)2)20(23)17-7-8-17/h4-6,12,15,17,19,21H,3,7-11,13-14H2,1-2H3/t15-,19+/m1/s1. The van der Waals surface area contributed by atoms with Crippen LogP contribution >= 0.6 is 0 Å². The zero-order valence-corrected chi connectivity index (χ0v) is 15.0. The van der Waals surface area contributed by atoms with E-state index in [4.69, 9.17) is 4.74 Å². The number of hydrogen-bond acceptors (Lipinski definition) is 3. The summed E-state index contributed by atoms with van der Waals surface area (Å²) in [7, 11) is 0. The molecule has 0 unspecified atom stereocenters. The normalized spacial score (nSPS) is 24.0. The average molecular weight is 330 g/mol. The number of ether oxygens (including phenoxy) is 1. The van der Waals surface area contributed by atoms with E-state index in [1.807, 2.05) is 6.07 Å². The maximum Gasteiger partial charge on any atom is 0.225 e. The van der Waals surface area contributed by atoms with Gasteiger partial charge in [-0.1, -0.05) is 26.0 Å². The van der Waals surface area contributed by atoms with Crippen LogP contribution in [-0.2, 0) is 11.3 Å². The second-order valence-corrected chi connectivity index (χ2v) is 7.31. The number of likely N-dealkylation sites (tertiary alicyclic amines) is 1. The van der Waals surface area contributed by atoms with Crippen molar-refractivity contribution in [2.45, 2.75) is 52.1 Å². The number of nitrogens with zero attached hydrogens (tertiary/aromatic N) is 1. The maximum absolute atomic E-state index is 12.2. The van der Waals surface area contributed by atoms with Gasteiger partial charge in [0.05, 0.1) is 6.61 Å². The van der Waals surface area contributed by atoms with E-state index >= 15 is 0 Å². The number of hydrogen-bond donors (Lipinski definition) is 1. The van der Waals surface area contributed by atoms with E-state index in [-0.39, 0.29) is 0 Å². The molecule has 1 saturated heterocycles. The van der Waals surface area contributed by atoms with Crippen molar-refractivity contribution < 1.29 is 9.53 Å². The van der Waals surface area contributed by atoms with Crippen LogP contribution in [0.25, 0.3) is 0 Å². The number of amides is 1. The fourth-order valence-corrected chi connectivity index (χ4v) is 3.45. The molecule has 1 aliphatic heterocycles. The Hall–Kier alpha value is -1.55. The van der Waals surface area contributed by atoms with Gasteiger partial charge >= 0.3 is 0 Å². The highest BCUT2D eigenvalue weighted by molar-refractivity contribution is 5.81. The van der Waals surface area contributed by atoms with Crippen molar-refractivity contribution in [3.8, 4) is 5.75 Å². The minimum Gasteiger partial charge on any atom is -0.494 e. The lowest BCUT2D eigenvalue weighted by Gasteiger charge is -2.37. The molecule has 1 aromatic carbocycles. The van der Waals surface area contributed by atoms with Crippen molar-refractivity contribution >= 4 is 5.91 Å². The first-order chi connectivity index (χ1) is 11.7. The van der Waals surface area contributed by atoms with Crippen molar-refractivity contribution in [3.05, 3.63) is 29.8 Å². The summed E-state index contributed by atoms with van der Waals surface area (Å²) in [4.78, 5) is 14.3. The van der Waals surface area contributed by atoms with Crippen LogP contribution in [0.3, 0.4) is 0 Å². The Balaban J connectivity index is 1.47. The van der Waals surface area contributed by atoms with Gasteiger partial charge in [-0.2, -0.15) is 0 Å². The number of benzene rings is 1. The van der Waals surface area contributed by atoms with E-state index in [2.05, 4.69) is 42.3 Å². The number of rotatable bonds is 7. The van der Waals surface area contributed by atoms with Crippen LogP contribution in [0.15, 0.2) is 24.3 Å². The summed E-state index contributed by atoms with van der Waals surface area (Å²) in [5, 5.41) is 3.68. The largest absolute Gasteiger partial charge is 0.494 e. The minimum atomic E-state index is 0.340. The van der Waals surface area contributed by atoms with E-state index in [0.717, 1.165) is 57.7 Å². The molecule has 132 valence electrons. The van der Waals surface area contributed by atoms with Crippen LogP contribution in [0.5, 0.6) is 5.75 Å². The molecular formula is C20H30N2O2. The molecule has 0 radical (unpaired) electrons. The zero-order valence-electron chi connectivity index (χ0n) is 15.0. The Kier molecular flexibility index (Phi) is 5.77. The third-order valence-electron chi connectivity index (χ3n) is 5.08. The molecule has 0 bridgehead atoms. The maximum atomic E-state index is 12.2. The molecule has 4 nitrogen and oxygen atoms in total. The molecule has 1 aliphatic carbocycles. The third-order valence-corrected chi connectivity index (χ3v) is 5.08. The van der Waals surface area contributed by atoms with Gasteiger partial charge < -0.3 is 15.0 Å². The van der Waals surface area contributed by atoms with Gasteiger partial charge in [0.25, 0.3) is 0 Å². The van der Waals surface area contributed by atoms with Crippen LogP contribution in [0.1, 0.15) is 45.1 Å². The van der Waals surface area contributed by atoms with Crippen molar-refractivity contribution in [2.24, 2.45) is 11.8 Å². The lowest BCUT2D eigenvalue weighted by molar-refractivity contribution is -0.134. The highest BCUT2D eigenvalue weighted by atomic mass is 16.5. The van der Waals surface area contributed by atoms with Gasteiger partial charge in [0.1, 0.15) is 5.75 Å². The van der Waals surface area contributed by atoms with Crippen molar-refractivity contribution in [1.29, 1.82) is 0 Å². The molecule has 0 aromatic heterocycles. The van der Waals surface area contributed by atoms with Gasteiger partial charge in [0.2, 0.25) is 5.91 Å². The highest BCUT2D eigenvalue weighted by Crippen LogP contribution is 2.32. The molecule has 1 aromatic rings. The first kappa shape index (κ1) is 17.3. The predicted molar refractivity (Wildman–Crippen MR) is 95.9 cm³/mol. The molecule has 0 spiro atoms. The number of nitrogens with one attached hydrogen (secondary N) is 1. The first-order valence-corrected chi connectivity index (χ1v) is 9.41. The van der Waals surface area contributed by atoms with Crippen molar-refractivity contribution in [2.75, 3.05) is 19.7 Å². The summed E-state index contributed by atoms with van der Waals surface area (Å²) in [6, 6.07) is 8.82. The summed E-state index contributed by atoms with van der Waals surface area (Å²) < 4.78 is 5.71.